The molecular formula is C19H20N2O5. The van der Waals surface area contributed by atoms with Gasteiger partial charge in [-0.3, -0.25) is 9.59 Å². The molecule has 0 spiro atoms. The number of para-hydroxylation sites is 1. The molecule has 0 aromatic heterocycles. The molecule has 0 radical (unpaired) electrons. The van der Waals surface area contributed by atoms with Crippen molar-refractivity contribution in [3.05, 3.63) is 60.2 Å². The van der Waals surface area contributed by atoms with Crippen LogP contribution in [0.25, 0.3) is 0 Å². The van der Waals surface area contributed by atoms with Crippen LogP contribution in [0.1, 0.15) is 23.7 Å². The fourth-order valence-corrected chi connectivity index (χ4v) is 2.11. The molecule has 0 fully saturated rings. The summed E-state index contributed by atoms with van der Waals surface area (Å²) in [6, 6.07) is 15.0. The Kier molecular flexibility index (Phi) is 6.73. The van der Waals surface area contributed by atoms with Crippen molar-refractivity contribution >= 4 is 23.5 Å². The highest BCUT2D eigenvalue weighted by Gasteiger charge is 2.21. The van der Waals surface area contributed by atoms with E-state index in [2.05, 4.69) is 5.32 Å². The molecule has 0 aliphatic heterocycles. The topological polar surface area (TPSA) is 108 Å². The predicted octanol–water partition coefficient (Wildman–Crippen LogP) is 2.12. The number of anilines is 1. The van der Waals surface area contributed by atoms with Gasteiger partial charge in [0.1, 0.15) is 5.75 Å². The summed E-state index contributed by atoms with van der Waals surface area (Å²) in [4.78, 5) is 35.0. The lowest BCUT2D eigenvalue weighted by Gasteiger charge is -2.16. The minimum Gasteiger partial charge on any atom is -0.479 e. The molecule has 0 saturated heterocycles. The summed E-state index contributed by atoms with van der Waals surface area (Å²) >= 11 is 0. The van der Waals surface area contributed by atoms with E-state index in [0.717, 1.165) is 0 Å². The van der Waals surface area contributed by atoms with Gasteiger partial charge in [-0.1, -0.05) is 25.1 Å². The minimum atomic E-state index is -0.792. The van der Waals surface area contributed by atoms with Gasteiger partial charge in [-0.25, -0.2) is 4.79 Å². The highest BCUT2D eigenvalue weighted by Crippen LogP contribution is 2.13. The Morgan fingerprint density at radius 3 is 2.27 bits per heavy atom. The van der Waals surface area contributed by atoms with Crippen molar-refractivity contribution in [2.24, 2.45) is 5.73 Å². The fraction of sp³-hybridized carbons (Fsp3) is 0.211. The lowest BCUT2D eigenvalue weighted by Crippen LogP contribution is -2.31. The average Bonchev–Trinajstić information content (AvgIpc) is 2.65. The van der Waals surface area contributed by atoms with Crippen molar-refractivity contribution in [3.8, 4) is 5.75 Å². The van der Waals surface area contributed by atoms with E-state index in [1.807, 2.05) is 6.07 Å². The summed E-state index contributed by atoms with van der Waals surface area (Å²) in [5, 5.41) is 2.56. The smallest absolute Gasteiger partial charge is 0.347 e. The number of carbonyl (C=O) groups excluding carboxylic acids is 3. The first-order valence-electron chi connectivity index (χ1n) is 8.07. The summed E-state index contributed by atoms with van der Waals surface area (Å²) < 4.78 is 10.6. The number of hydrogen-bond acceptors (Lipinski definition) is 5. The third-order valence-electron chi connectivity index (χ3n) is 3.45. The molecular weight excluding hydrogens is 336 g/mol. The van der Waals surface area contributed by atoms with Gasteiger partial charge in [0.2, 0.25) is 5.91 Å². The molecule has 3 N–H and O–H groups in total. The number of hydrogen-bond donors (Lipinski definition) is 2. The van der Waals surface area contributed by atoms with Gasteiger partial charge < -0.3 is 20.5 Å². The number of primary amides is 1. The van der Waals surface area contributed by atoms with E-state index >= 15 is 0 Å². The maximum absolute atomic E-state index is 12.1. The van der Waals surface area contributed by atoms with Crippen LogP contribution in [0, 0.1) is 0 Å². The van der Waals surface area contributed by atoms with E-state index < -0.39 is 30.5 Å². The van der Waals surface area contributed by atoms with Crippen LogP contribution in [0.15, 0.2) is 54.6 Å². The number of rotatable bonds is 8. The maximum atomic E-state index is 12.1. The molecule has 7 heteroatoms. The van der Waals surface area contributed by atoms with E-state index in [0.29, 0.717) is 23.4 Å². The second-order valence-corrected chi connectivity index (χ2v) is 5.43. The second kappa shape index (κ2) is 9.22. The Labute approximate surface area is 151 Å². The number of nitrogens with one attached hydrogen (secondary N) is 1. The number of benzene rings is 2. The minimum absolute atomic E-state index is 0.332. The van der Waals surface area contributed by atoms with Crippen LogP contribution >= 0.6 is 0 Å². The second-order valence-electron chi connectivity index (χ2n) is 5.43. The summed E-state index contributed by atoms with van der Waals surface area (Å²) in [7, 11) is 0. The van der Waals surface area contributed by atoms with Crippen LogP contribution in [0.3, 0.4) is 0 Å². The molecule has 1 atom stereocenters. The zero-order valence-corrected chi connectivity index (χ0v) is 14.3. The van der Waals surface area contributed by atoms with Crippen LogP contribution in [-0.4, -0.2) is 30.5 Å². The first-order valence-corrected chi connectivity index (χ1v) is 8.07. The molecule has 2 rings (SSSR count). The Bertz CT molecular complexity index is 759. The zero-order valence-electron chi connectivity index (χ0n) is 14.3. The largest absolute Gasteiger partial charge is 0.479 e. The fourth-order valence-electron chi connectivity index (χ4n) is 2.11. The molecule has 136 valence electrons. The highest BCUT2D eigenvalue weighted by molar-refractivity contribution is 5.95. The monoisotopic (exact) mass is 356 g/mol. The standard InChI is InChI=1S/C19H20N2O5/c1-2-16(26-15-6-4-3-5-7-15)19(24)25-12-17(22)21-14-10-8-13(9-11-14)18(20)23/h3-11,16H,2,12H2,1H3,(H2,20,23)(H,21,22)/t16-/m1/s1. The van der Waals surface area contributed by atoms with Gasteiger partial charge in [0.05, 0.1) is 0 Å². The van der Waals surface area contributed by atoms with Crippen LogP contribution in [0.2, 0.25) is 0 Å². The van der Waals surface area contributed by atoms with Gasteiger partial charge in [-0.15, -0.1) is 0 Å². The first kappa shape index (κ1) is 19.0. The van der Waals surface area contributed by atoms with Crippen molar-refractivity contribution in [2.75, 3.05) is 11.9 Å². The molecule has 2 amide bonds. The van der Waals surface area contributed by atoms with E-state index in [1.165, 1.54) is 24.3 Å². The third kappa shape index (κ3) is 5.62. The Morgan fingerprint density at radius 2 is 1.69 bits per heavy atom. The van der Waals surface area contributed by atoms with Gasteiger partial charge >= 0.3 is 5.97 Å². The van der Waals surface area contributed by atoms with Gasteiger partial charge in [-0.05, 0) is 42.8 Å². The molecule has 2 aromatic rings. The van der Waals surface area contributed by atoms with E-state index in [1.54, 1.807) is 31.2 Å². The van der Waals surface area contributed by atoms with Crippen LogP contribution in [-0.2, 0) is 14.3 Å². The number of esters is 1. The van der Waals surface area contributed by atoms with E-state index in [4.69, 9.17) is 15.2 Å². The molecule has 0 bridgehead atoms. The summed E-state index contributed by atoms with van der Waals surface area (Å²) in [6.07, 6.45) is -0.385. The number of nitrogens with two attached hydrogens (primary N) is 1. The van der Waals surface area contributed by atoms with Gasteiger partial charge in [0.15, 0.2) is 12.7 Å². The normalized spacial score (nSPS) is 11.3. The lowest BCUT2D eigenvalue weighted by atomic mass is 10.2. The Hall–Kier alpha value is -3.35. The number of ether oxygens (including phenoxy) is 2. The van der Waals surface area contributed by atoms with Gasteiger partial charge in [0.25, 0.3) is 5.91 Å². The van der Waals surface area contributed by atoms with Crippen molar-refractivity contribution in [1.82, 2.24) is 0 Å². The summed E-state index contributed by atoms with van der Waals surface area (Å²) in [6.45, 7) is 1.35. The van der Waals surface area contributed by atoms with Gasteiger partial charge in [0, 0.05) is 11.3 Å². The van der Waals surface area contributed by atoms with Crippen LogP contribution < -0.4 is 15.8 Å². The quantitative estimate of drug-likeness (QED) is 0.705. The van der Waals surface area contributed by atoms with Crippen LogP contribution in [0.4, 0.5) is 5.69 Å². The number of amides is 2. The van der Waals surface area contributed by atoms with Crippen molar-refractivity contribution < 1.29 is 23.9 Å². The molecule has 26 heavy (non-hydrogen) atoms. The van der Waals surface area contributed by atoms with Gasteiger partial charge in [-0.2, -0.15) is 0 Å². The Morgan fingerprint density at radius 1 is 1.04 bits per heavy atom. The SMILES string of the molecule is CC[C@@H](Oc1ccccc1)C(=O)OCC(=O)Nc1ccc(C(N)=O)cc1. The zero-order chi connectivity index (χ0) is 18.9. The molecule has 2 aromatic carbocycles. The molecule has 7 nitrogen and oxygen atoms in total. The molecule has 0 saturated carbocycles. The summed E-state index contributed by atoms with van der Waals surface area (Å²) in [5.41, 5.74) is 5.94. The van der Waals surface area contributed by atoms with Crippen LogP contribution in [0.5, 0.6) is 5.75 Å². The van der Waals surface area contributed by atoms with Crippen molar-refractivity contribution in [1.29, 1.82) is 0 Å². The maximum Gasteiger partial charge on any atom is 0.347 e. The van der Waals surface area contributed by atoms with E-state index in [9.17, 15) is 14.4 Å². The number of carbonyl (C=O) groups is 3. The molecule has 0 heterocycles. The average molecular weight is 356 g/mol. The van der Waals surface area contributed by atoms with E-state index in [-0.39, 0.29) is 0 Å². The predicted molar refractivity (Wildman–Crippen MR) is 95.7 cm³/mol. The highest BCUT2D eigenvalue weighted by atomic mass is 16.6. The van der Waals surface area contributed by atoms with Crippen molar-refractivity contribution in [3.63, 3.8) is 0 Å². The van der Waals surface area contributed by atoms with Crippen molar-refractivity contribution in [2.45, 2.75) is 19.4 Å². The Balaban J connectivity index is 1.83. The lowest BCUT2D eigenvalue weighted by molar-refractivity contribution is -0.154. The summed E-state index contributed by atoms with van der Waals surface area (Å²) in [5.74, 6) is -1.12. The molecule has 0 unspecified atom stereocenters. The first-order chi connectivity index (χ1) is 12.5. The molecule has 0 aliphatic carbocycles. The molecule has 0 aliphatic rings. The third-order valence-corrected chi connectivity index (χ3v) is 3.45.